The highest BCUT2D eigenvalue weighted by Crippen LogP contribution is 2.17. The van der Waals surface area contributed by atoms with E-state index in [0.29, 0.717) is 6.54 Å². The fourth-order valence-electron chi connectivity index (χ4n) is 2.10. The van der Waals surface area contributed by atoms with Crippen molar-refractivity contribution >= 4 is 28.8 Å². The summed E-state index contributed by atoms with van der Waals surface area (Å²) in [5.74, 6) is 0.0525. The Hall–Kier alpha value is -1.36. The minimum Gasteiger partial charge on any atom is -0.344 e. The minimum atomic E-state index is 0.0525. The van der Waals surface area contributed by atoms with Gasteiger partial charge in [0.15, 0.2) is 6.54 Å². The molecule has 0 spiro atoms. The van der Waals surface area contributed by atoms with Crippen LogP contribution in [0.4, 0.5) is 0 Å². The molecule has 1 heterocycles. The van der Waals surface area contributed by atoms with E-state index >= 15 is 0 Å². The molecule has 0 saturated heterocycles. The summed E-state index contributed by atoms with van der Waals surface area (Å²) in [5.41, 5.74) is 1.17. The maximum atomic E-state index is 12.0. The predicted molar refractivity (Wildman–Crippen MR) is 87.5 cm³/mol. The summed E-state index contributed by atoms with van der Waals surface area (Å²) in [4.78, 5) is 13.2. The molecule has 0 radical (unpaired) electrons. The molecule has 0 aliphatic carbocycles. The van der Waals surface area contributed by atoms with E-state index in [-0.39, 0.29) is 18.0 Å². The van der Waals surface area contributed by atoms with E-state index in [1.165, 1.54) is 10.4 Å². The van der Waals surface area contributed by atoms with Crippen molar-refractivity contribution < 1.29 is 10.1 Å². The number of thiophene rings is 1. The molecule has 3 N–H and O–H groups in total. The number of amides is 1. The normalized spacial score (nSPS) is 13.7. The molecule has 1 amide bonds. The van der Waals surface area contributed by atoms with Crippen LogP contribution in [0.25, 0.3) is 0 Å². The van der Waals surface area contributed by atoms with Gasteiger partial charge in [-0.15, -0.1) is 11.3 Å². The maximum absolute atomic E-state index is 12.0. The zero-order chi connectivity index (χ0) is 15.2. The lowest BCUT2D eigenvalue weighted by atomic mass is 10.1. The molecule has 21 heavy (non-hydrogen) atoms. The minimum absolute atomic E-state index is 0.0525. The van der Waals surface area contributed by atoms with E-state index in [9.17, 15) is 4.79 Å². The predicted octanol–water partition coefficient (Wildman–Crippen LogP) is 2.90. The van der Waals surface area contributed by atoms with Crippen molar-refractivity contribution in [1.82, 2.24) is 5.32 Å². The number of quaternary nitrogens is 1. The first-order valence-corrected chi connectivity index (χ1v) is 8.23. The summed E-state index contributed by atoms with van der Waals surface area (Å²) in [6.45, 7) is 4.51. The van der Waals surface area contributed by atoms with Crippen molar-refractivity contribution in [3.8, 4) is 0 Å². The van der Waals surface area contributed by atoms with E-state index < -0.39 is 0 Å². The smallest absolute Gasteiger partial charge is 0.275 e. The highest BCUT2D eigenvalue weighted by atomic mass is 35.5. The molecular formula is C16H20ClN2OS+. The lowest BCUT2D eigenvalue weighted by Gasteiger charge is -2.14. The summed E-state index contributed by atoms with van der Waals surface area (Å²) < 4.78 is 0. The van der Waals surface area contributed by atoms with Gasteiger partial charge >= 0.3 is 0 Å². The summed E-state index contributed by atoms with van der Waals surface area (Å²) >= 11 is 7.53. The molecule has 5 heteroatoms. The van der Waals surface area contributed by atoms with Gasteiger partial charge in [-0.05, 0) is 37.4 Å². The van der Waals surface area contributed by atoms with E-state index in [2.05, 4.69) is 12.2 Å². The van der Waals surface area contributed by atoms with Crippen LogP contribution in [0.1, 0.15) is 36.4 Å². The second kappa shape index (κ2) is 7.59. The van der Waals surface area contributed by atoms with Gasteiger partial charge in [-0.25, -0.2) is 0 Å². The number of carbonyl (C=O) groups is 1. The van der Waals surface area contributed by atoms with Crippen molar-refractivity contribution in [3.05, 3.63) is 57.2 Å². The van der Waals surface area contributed by atoms with Crippen LogP contribution in [0.5, 0.6) is 0 Å². The Kier molecular flexibility index (Phi) is 5.79. The third-order valence-corrected chi connectivity index (χ3v) is 4.71. The zero-order valence-corrected chi connectivity index (χ0v) is 13.7. The van der Waals surface area contributed by atoms with Crippen LogP contribution < -0.4 is 10.6 Å². The Balaban J connectivity index is 1.79. The number of benzene rings is 1. The van der Waals surface area contributed by atoms with Crippen molar-refractivity contribution in [2.75, 3.05) is 6.54 Å². The van der Waals surface area contributed by atoms with Crippen LogP contribution >= 0.6 is 22.9 Å². The van der Waals surface area contributed by atoms with Gasteiger partial charge in [0.1, 0.15) is 6.04 Å². The van der Waals surface area contributed by atoms with Crippen LogP contribution in [0.2, 0.25) is 5.02 Å². The first-order chi connectivity index (χ1) is 10.1. The molecule has 0 aliphatic rings. The van der Waals surface area contributed by atoms with Gasteiger partial charge in [-0.1, -0.05) is 29.8 Å². The number of nitrogens with one attached hydrogen (secondary N) is 1. The number of hydrogen-bond donors (Lipinski definition) is 2. The first kappa shape index (κ1) is 16.0. The molecule has 112 valence electrons. The van der Waals surface area contributed by atoms with Gasteiger partial charge in [0.25, 0.3) is 5.91 Å². The molecule has 1 aromatic carbocycles. The average molecular weight is 324 g/mol. The first-order valence-electron chi connectivity index (χ1n) is 6.98. The Labute approximate surface area is 134 Å². The van der Waals surface area contributed by atoms with E-state index in [1.54, 1.807) is 11.3 Å². The fourth-order valence-corrected chi connectivity index (χ4v) is 2.96. The Morgan fingerprint density at radius 2 is 2.00 bits per heavy atom. The highest BCUT2D eigenvalue weighted by Gasteiger charge is 2.14. The number of carbonyl (C=O) groups excluding carboxylic acids is 1. The fraction of sp³-hybridized carbons (Fsp3) is 0.312. The van der Waals surface area contributed by atoms with Gasteiger partial charge in [-0.3, -0.25) is 4.79 Å². The van der Waals surface area contributed by atoms with Crippen LogP contribution in [0, 0.1) is 0 Å². The van der Waals surface area contributed by atoms with Crippen molar-refractivity contribution in [3.63, 3.8) is 0 Å². The summed E-state index contributed by atoms with van der Waals surface area (Å²) in [6, 6.07) is 12.1. The van der Waals surface area contributed by atoms with Crippen LogP contribution in [0.15, 0.2) is 41.8 Å². The average Bonchev–Trinajstić information content (AvgIpc) is 3.00. The molecule has 0 aliphatic heterocycles. The molecule has 2 atom stereocenters. The number of hydrogen-bond acceptors (Lipinski definition) is 2. The Morgan fingerprint density at radius 1 is 1.29 bits per heavy atom. The third-order valence-electron chi connectivity index (χ3n) is 3.40. The second-order valence-electron chi connectivity index (χ2n) is 5.08. The van der Waals surface area contributed by atoms with Gasteiger partial charge in [0.2, 0.25) is 0 Å². The Bertz CT molecular complexity index is 568. The summed E-state index contributed by atoms with van der Waals surface area (Å²) in [7, 11) is 0. The molecule has 3 nitrogen and oxygen atoms in total. The van der Waals surface area contributed by atoms with Crippen LogP contribution in [-0.4, -0.2) is 12.5 Å². The lowest BCUT2D eigenvalue weighted by molar-refractivity contribution is -0.682. The van der Waals surface area contributed by atoms with E-state index in [4.69, 9.17) is 11.6 Å². The van der Waals surface area contributed by atoms with Gasteiger partial charge < -0.3 is 10.6 Å². The van der Waals surface area contributed by atoms with Crippen molar-refractivity contribution in [2.24, 2.45) is 0 Å². The third kappa shape index (κ3) is 4.84. The van der Waals surface area contributed by atoms with Gasteiger partial charge in [-0.2, -0.15) is 0 Å². The van der Waals surface area contributed by atoms with Gasteiger partial charge in [0, 0.05) is 15.5 Å². The quantitative estimate of drug-likeness (QED) is 0.843. The molecular weight excluding hydrogens is 304 g/mol. The summed E-state index contributed by atoms with van der Waals surface area (Å²) in [5, 5.41) is 7.80. The largest absolute Gasteiger partial charge is 0.344 e. The highest BCUT2D eigenvalue weighted by molar-refractivity contribution is 7.10. The van der Waals surface area contributed by atoms with E-state index in [0.717, 1.165) is 5.02 Å². The van der Waals surface area contributed by atoms with Gasteiger partial charge in [0.05, 0.1) is 6.04 Å². The van der Waals surface area contributed by atoms with E-state index in [1.807, 2.05) is 54.0 Å². The number of rotatable bonds is 6. The molecule has 0 bridgehead atoms. The standard InChI is InChI=1S/C16H19ClN2OS/c1-11(13-5-7-14(17)8-6-13)18-10-16(20)19-12(2)15-4-3-9-21-15/h3-9,11-12,18H,10H2,1-2H3,(H,19,20)/p+1/t11-,12-/m0/s1. The Morgan fingerprint density at radius 3 is 2.62 bits per heavy atom. The van der Waals surface area contributed by atoms with Crippen LogP contribution in [0.3, 0.4) is 0 Å². The monoisotopic (exact) mass is 323 g/mol. The lowest BCUT2D eigenvalue weighted by Crippen LogP contribution is -2.87. The molecule has 0 unspecified atom stereocenters. The van der Waals surface area contributed by atoms with Crippen molar-refractivity contribution in [1.29, 1.82) is 0 Å². The topological polar surface area (TPSA) is 45.7 Å². The molecule has 2 rings (SSSR count). The molecule has 1 aromatic heterocycles. The zero-order valence-electron chi connectivity index (χ0n) is 12.2. The number of nitrogens with two attached hydrogens (primary N) is 1. The number of halogens is 1. The molecule has 2 aromatic rings. The van der Waals surface area contributed by atoms with Crippen molar-refractivity contribution in [2.45, 2.75) is 25.9 Å². The molecule has 0 fully saturated rings. The SMILES string of the molecule is C[C@H](NC(=O)C[NH2+][C@@H](C)c1ccc(Cl)cc1)c1cccs1. The molecule has 0 saturated carbocycles. The maximum Gasteiger partial charge on any atom is 0.275 e. The van der Waals surface area contributed by atoms with Crippen LogP contribution in [-0.2, 0) is 4.79 Å². The second-order valence-corrected chi connectivity index (χ2v) is 6.50. The summed E-state index contributed by atoms with van der Waals surface area (Å²) in [6.07, 6.45) is 0.